The Hall–Kier alpha value is -0.170. The molecule has 0 aliphatic carbocycles. The molecule has 13 heavy (non-hydrogen) atoms. The van der Waals surface area contributed by atoms with Gasteiger partial charge in [0.15, 0.2) is 0 Å². The van der Waals surface area contributed by atoms with Crippen LogP contribution in [0.1, 0.15) is 34.6 Å². The van der Waals surface area contributed by atoms with Crippen LogP contribution in [0.5, 0.6) is 0 Å². The van der Waals surface area contributed by atoms with Gasteiger partial charge in [-0.15, -0.1) is 0 Å². The summed E-state index contributed by atoms with van der Waals surface area (Å²) in [6, 6.07) is 0. The monoisotopic (exact) mass is 212 g/mol. The summed E-state index contributed by atoms with van der Waals surface area (Å²) >= 11 is 0. The second-order valence-electron chi connectivity index (χ2n) is 4.15. The third-order valence-electron chi connectivity index (χ3n) is 1.11. The summed E-state index contributed by atoms with van der Waals surface area (Å²) < 4.78 is 30.2. The van der Waals surface area contributed by atoms with Crippen molar-refractivity contribution in [2.45, 2.75) is 45.2 Å². The van der Waals surface area contributed by atoms with Crippen LogP contribution >= 0.6 is 0 Å². The normalized spacial score (nSPS) is 14.6. The molecule has 0 aromatic rings. The van der Waals surface area contributed by atoms with Crippen molar-refractivity contribution in [1.29, 1.82) is 0 Å². The Morgan fingerprint density at radius 2 is 1.38 bits per heavy atom. The Morgan fingerprint density at radius 3 is 1.62 bits per heavy atom. The fourth-order valence-corrected chi connectivity index (χ4v) is 0.388. The van der Waals surface area contributed by atoms with E-state index in [1.807, 2.05) is 0 Å². The average Bonchev–Trinajstić information content (AvgIpc) is 1.79. The van der Waals surface area contributed by atoms with E-state index in [1.54, 1.807) is 20.8 Å². The van der Waals surface area contributed by atoms with Crippen molar-refractivity contribution in [3.63, 3.8) is 0 Å². The minimum absolute atomic E-state index is 0.623. The molecule has 0 aliphatic heterocycles. The maximum Gasteiger partial charge on any atom is 0.297 e. The molecular weight excluding hydrogens is 196 g/mol. The molecule has 0 bridgehead atoms. The molecule has 0 atom stereocenters. The zero-order chi connectivity index (χ0) is 10.9. The molecule has 0 aliphatic rings. The molecule has 0 radical (unpaired) electrons. The molecule has 0 fully saturated rings. The first-order valence-corrected chi connectivity index (χ1v) is 5.24. The van der Waals surface area contributed by atoms with Crippen LogP contribution in [0.3, 0.4) is 0 Å². The van der Waals surface area contributed by atoms with E-state index in [2.05, 4.69) is 4.89 Å². The fourth-order valence-electron chi connectivity index (χ4n) is 0.268. The Labute approximate surface area is 78.7 Å². The molecule has 80 valence electrons. The lowest BCUT2D eigenvalue weighted by Gasteiger charge is -2.25. The van der Waals surface area contributed by atoms with Crippen LogP contribution in [0.25, 0.3) is 0 Å². The average molecular weight is 212 g/mol. The first-order valence-electron chi connectivity index (χ1n) is 3.79. The summed E-state index contributed by atoms with van der Waals surface area (Å²) in [5.41, 5.74) is -0.623. The van der Waals surface area contributed by atoms with Gasteiger partial charge in [0.2, 0.25) is 4.93 Å². The molecule has 0 saturated carbocycles. The molecule has 0 aromatic heterocycles. The van der Waals surface area contributed by atoms with Crippen LogP contribution < -0.4 is 0 Å². The second-order valence-corrected chi connectivity index (χ2v) is 6.09. The minimum atomic E-state index is -4.27. The van der Waals surface area contributed by atoms with Crippen molar-refractivity contribution < 1.29 is 22.7 Å². The van der Waals surface area contributed by atoms with Crippen molar-refractivity contribution in [2.75, 3.05) is 0 Å². The summed E-state index contributed by atoms with van der Waals surface area (Å²) in [7, 11) is -4.27. The van der Waals surface area contributed by atoms with Gasteiger partial charge in [0.25, 0.3) is 10.1 Å². The van der Waals surface area contributed by atoms with Crippen LogP contribution in [0.2, 0.25) is 0 Å². The van der Waals surface area contributed by atoms with Gasteiger partial charge in [0, 0.05) is 0 Å². The second kappa shape index (κ2) is 3.53. The van der Waals surface area contributed by atoms with Gasteiger partial charge in [-0.05, 0) is 34.6 Å². The standard InChI is InChI=1S/C7H16O5S/c1-6(2,3)11-12-7(4,5)13(8,9)10/h1-5H3,(H,8,9,10). The van der Waals surface area contributed by atoms with E-state index in [1.165, 1.54) is 13.8 Å². The SMILES string of the molecule is CC(C)(C)OOC(C)(C)S(=O)(=O)O. The van der Waals surface area contributed by atoms with Gasteiger partial charge >= 0.3 is 0 Å². The third-order valence-corrected chi connectivity index (χ3v) is 2.42. The zero-order valence-corrected chi connectivity index (χ0v) is 9.30. The van der Waals surface area contributed by atoms with Gasteiger partial charge in [0.1, 0.15) is 0 Å². The van der Waals surface area contributed by atoms with Crippen molar-refractivity contribution >= 4 is 10.1 Å². The number of hydrogen-bond donors (Lipinski definition) is 1. The molecule has 0 unspecified atom stereocenters. The lowest BCUT2D eigenvalue weighted by Crippen LogP contribution is -2.37. The largest absolute Gasteiger partial charge is 0.297 e. The predicted molar refractivity (Wildman–Crippen MR) is 47.6 cm³/mol. The van der Waals surface area contributed by atoms with Crippen molar-refractivity contribution in [1.82, 2.24) is 0 Å². The van der Waals surface area contributed by atoms with Gasteiger partial charge in [-0.3, -0.25) is 4.55 Å². The Bertz CT molecular complexity index is 259. The minimum Gasteiger partial charge on any atom is -0.283 e. The highest BCUT2D eigenvalue weighted by Crippen LogP contribution is 2.20. The summed E-state index contributed by atoms with van der Waals surface area (Å²) in [6.07, 6.45) is 0. The quantitative estimate of drug-likeness (QED) is 0.434. The number of hydrogen-bond acceptors (Lipinski definition) is 4. The van der Waals surface area contributed by atoms with Gasteiger partial charge in [-0.2, -0.15) is 8.42 Å². The third kappa shape index (κ3) is 4.56. The summed E-state index contributed by atoms with van der Waals surface area (Å²) in [5, 5.41) is 0. The maximum atomic E-state index is 10.7. The highest BCUT2D eigenvalue weighted by Gasteiger charge is 2.36. The maximum absolute atomic E-state index is 10.7. The van der Waals surface area contributed by atoms with Crippen molar-refractivity contribution in [2.24, 2.45) is 0 Å². The first kappa shape index (κ1) is 12.8. The molecule has 0 amide bonds. The van der Waals surface area contributed by atoms with Crippen LogP contribution in [-0.2, 0) is 19.9 Å². The summed E-state index contributed by atoms with van der Waals surface area (Å²) in [5.74, 6) is 0. The van der Waals surface area contributed by atoms with Gasteiger partial charge in [0.05, 0.1) is 5.60 Å². The predicted octanol–water partition coefficient (Wildman–Crippen LogP) is 1.36. The molecule has 6 heteroatoms. The lowest BCUT2D eigenvalue weighted by atomic mass is 10.2. The topological polar surface area (TPSA) is 72.8 Å². The van der Waals surface area contributed by atoms with E-state index in [0.717, 1.165) is 0 Å². The smallest absolute Gasteiger partial charge is 0.283 e. The van der Waals surface area contributed by atoms with E-state index < -0.39 is 20.7 Å². The van der Waals surface area contributed by atoms with Crippen LogP contribution in [0.4, 0.5) is 0 Å². The van der Waals surface area contributed by atoms with Crippen LogP contribution in [0, 0.1) is 0 Å². The van der Waals surface area contributed by atoms with E-state index >= 15 is 0 Å². The van der Waals surface area contributed by atoms with Crippen LogP contribution in [0.15, 0.2) is 0 Å². The van der Waals surface area contributed by atoms with Crippen molar-refractivity contribution in [3.05, 3.63) is 0 Å². The molecule has 5 nitrogen and oxygen atoms in total. The molecule has 0 rings (SSSR count). The highest BCUT2D eigenvalue weighted by atomic mass is 32.2. The Morgan fingerprint density at radius 1 is 1.00 bits per heavy atom. The van der Waals surface area contributed by atoms with Gasteiger partial charge in [-0.1, -0.05) is 0 Å². The Balaban J connectivity index is 4.38. The van der Waals surface area contributed by atoms with Gasteiger partial charge < -0.3 is 0 Å². The molecule has 0 aromatic carbocycles. The lowest BCUT2D eigenvalue weighted by molar-refractivity contribution is -0.378. The first-order chi connectivity index (χ1) is 5.46. The number of rotatable bonds is 3. The van der Waals surface area contributed by atoms with E-state index in [0.29, 0.717) is 0 Å². The highest BCUT2D eigenvalue weighted by molar-refractivity contribution is 7.87. The molecule has 0 heterocycles. The molecule has 1 N–H and O–H groups in total. The van der Waals surface area contributed by atoms with Crippen molar-refractivity contribution in [3.8, 4) is 0 Å². The van der Waals surface area contributed by atoms with Crippen LogP contribution in [-0.4, -0.2) is 23.5 Å². The van der Waals surface area contributed by atoms with E-state index in [9.17, 15) is 8.42 Å². The molecular formula is C7H16O5S. The van der Waals surface area contributed by atoms with E-state index in [-0.39, 0.29) is 0 Å². The summed E-state index contributed by atoms with van der Waals surface area (Å²) in [6.45, 7) is 7.51. The van der Waals surface area contributed by atoms with Gasteiger partial charge in [-0.25, -0.2) is 9.78 Å². The Kier molecular flexibility index (Phi) is 3.48. The van der Waals surface area contributed by atoms with E-state index in [4.69, 9.17) is 9.44 Å². The fraction of sp³-hybridized carbons (Fsp3) is 1.00. The zero-order valence-electron chi connectivity index (χ0n) is 8.49. The molecule has 0 spiro atoms. The molecule has 0 saturated heterocycles. The summed E-state index contributed by atoms with van der Waals surface area (Å²) in [4.78, 5) is 7.65.